The van der Waals surface area contributed by atoms with E-state index in [0.717, 1.165) is 13.1 Å². The normalized spacial score (nSPS) is 24.0. The van der Waals surface area contributed by atoms with Gasteiger partial charge in [0, 0.05) is 32.6 Å². The van der Waals surface area contributed by atoms with Crippen molar-refractivity contribution in [2.24, 2.45) is 11.8 Å². The Morgan fingerprint density at radius 1 is 1.19 bits per heavy atom. The van der Waals surface area contributed by atoms with Gasteiger partial charge in [0.15, 0.2) is 0 Å². The Balaban J connectivity index is 1.75. The van der Waals surface area contributed by atoms with Crippen LogP contribution in [0.1, 0.15) is 40.0 Å². The fourth-order valence-corrected chi connectivity index (χ4v) is 4.95. The minimum absolute atomic E-state index is 0.00480. The van der Waals surface area contributed by atoms with E-state index in [9.17, 15) is 13.2 Å². The van der Waals surface area contributed by atoms with Crippen molar-refractivity contribution in [3.8, 4) is 0 Å². The predicted octanol–water partition coefficient (Wildman–Crippen LogP) is 0.911. The number of hydrogen-bond acceptors (Lipinski definition) is 5. The van der Waals surface area contributed by atoms with Gasteiger partial charge in [-0.3, -0.25) is 4.79 Å². The molecule has 0 saturated carbocycles. The summed E-state index contributed by atoms with van der Waals surface area (Å²) < 4.78 is 31.6. The van der Waals surface area contributed by atoms with Gasteiger partial charge in [-0.15, -0.1) is 0 Å². The van der Waals surface area contributed by atoms with Gasteiger partial charge in [-0.25, -0.2) is 8.42 Å². The molecule has 0 aromatic heterocycles. The van der Waals surface area contributed by atoms with E-state index in [2.05, 4.69) is 12.2 Å². The molecule has 0 aliphatic carbocycles. The molecule has 2 saturated heterocycles. The predicted molar refractivity (Wildman–Crippen MR) is 102 cm³/mol. The summed E-state index contributed by atoms with van der Waals surface area (Å²) in [6.07, 6.45) is 2.95. The molecule has 2 fully saturated rings. The van der Waals surface area contributed by atoms with Gasteiger partial charge in [-0.05, 0) is 51.6 Å². The van der Waals surface area contributed by atoms with Crippen molar-refractivity contribution in [1.82, 2.24) is 14.5 Å². The molecule has 0 aromatic carbocycles. The first-order valence-electron chi connectivity index (χ1n) is 9.87. The number of carbonyl (C=O) groups excluding carboxylic acids is 1. The van der Waals surface area contributed by atoms with E-state index in [4.69, 9.17) is 4.74 Å². The highest BCUT2D eigenvalue weighted by atomic mass is 32.2. The highest BCUT2D eigenvalue weighted by Crippen LogP contribution is 2.23. The quantitative estimate of drug-likeness (QED) is 0.668. The third-order valence-electron chi connectivity index (χ3n) is 5.41. The van der Waals surface area contributed by atoms with Crippen molar-refractivity contribution in [3.63, 3.8) is 0 Å². The standard InChI is InChI=1S/C18H35N3O4S/c1-15(2)25-11-12-26(23,24)21-9-7-20(8-10-21)18(22)13-16(3)17-5-4-6-19-14-17/h15-17,19H,4-14H2,1-3H3. The second-order valence-electron chi connectivity index (χ2n) is 7.80. The number of nitrogens with one attached hydrogen (secondary N) is 1. The van der Waals surface area contributed by atoms with E-state index in [1.165, 1.54) is 17.1 Å². The van der Waals surface area contributed by atoms with E-state index in [-0.39, 0.29) is 24.4 Å². The maximum absolute atomic E-state index is 12.6. The lowest BCUT2D eigenvalue weighted by atomic mass is 9.85. The number of carbonyl (C=O) groups is 1. The lowest BCUT2D eigenvalue weighted by Gasteiger charge is -2.35. The Kier molecular flexibility index (Phi) is 8.32. The molecule has 152 valence electrons. The molecule has 2 aliphatic rings. The van der Waals surface area contributed by atoms with Crippen LogP contribution in [0.4, 0.5) is 0 Å². The molecule has 2 atom stereocenters. The molecular weight excluding hydrogens is 354 g/mol. The molecule has 0 spiro atoms. The van der Waals surface area contributed by atoms with Crippen molar-refractivity contribution < 1.29 is 17.9 Å². The summed E-state index contributed by atoms with van der Waals surface area (Å²) in [6.45, 7) is 9.97. The van der Waals surface area contributed by atoms with E-state index >= 15 is 0 Å². The third kappa shape index (κ3) is 6.48. The summed E-state index contributed by atoms with van der Waals surface area (Å²) >= 11 is 0. The average molecular weight is 390 g/mol. The van der Waals surface area contributed by atoms with Crippen LogP contribution in [0.3, 0.4) is 0 Å². The number of rotatable bonds is 8. The lowest BCUT2D eigenvalue weighted by Crippen LogP contribution is -2.51. The van der Waals surface area contributed by atoms with E-state index in [1.54, 1.807) is 0 Å². The molecule has 7 nitrogen and oxygen atoms in total. The van der Waals surface area contributed by atoms with Crippen LogP contribution in [0.25, 0.3) is 0 Å². The number of ether oxygens (including phenoxy) is 1. The van der Waals surface area contributed by atoms with Crippen LogP contribution in [0, 0.1) is 11.8 Å². The van der Waals surface area contributed by atoms with Crippen LogP contribution in [0.5, 0.6) is 0 Å². The van der Waals surface area contributed by atoms with Crippen molar-refractivity contribution in [2.75, 3.05) is 51.6 Å². The zero-order valence-corrected chi connectivity index (χ0v) is 17.3. The Morgan fingerprint density at radius 2 is 1.88 bits per heavy atom. The lowest BCUT2D eigenvalue weighted by molar-refractivity contribution is -0.133. The van der Waals surface area contributed by atoms with Gasteiger partial charge < -0.3 is 15.0 Å². The first-order valence-corrected chi connectivity index (χ1v) is 11.5. The van der Waals surface area contributed by atoms with Crippen LogP contribution >= 0.6 is 0 Å². The number of nitrogens with zero attached hydrogens (tertiary/aromatic N) is 2. The highest BCUT2D eigenvalue weighted by Gasteiger charge is 2.30. The van der Waals surface area contributed by atoms with Gasteiger partial charge in [0.05, 0.1) is 18.5 Å². The summed E-state index contributed by atoms with van der Waals surface area (Å²) in [5.74, 6) is 1.09. The summed E-state index contributed by atoms with van der Waals surface area (Å²) in [4.78, 5) is 14.4. The largest absolute Gasteiger partial charge is 0.378 e. The topological polar surface area (TPSA) is 79.0 Å². The molecule has 1 N–H and O–H groups in total. The maximum Gasteiger partial charge on any atom is 0.222 e. The van der Waals surface area contributed by atoms with Gasteiger partial charge >= 0.3 is 0 Å². The molecular formula is C18H35N3O4S. The van der Waals surface area contributed by atoms with Gasteiger partial charge in [-0.1, -0.05) is 6.92 Å². The molecule has 1 amide bonds. The van der Waals surface area contributed by atoms with Crippen LogP contribution in [0.2, 0.25) is 0 Å². The highest BCUT2D eigenvalue weighted by molar-refractivity contribution is 7.89. The number of hydrogen-bond donors (Lipinski definition) is 1. The van der Waals surface area contributed by atoms with Crippen molar-refractivity contribution >= 4 is 15.9 Å². The Labute approximate surface area is 158 Å². The van der Waals surface area contributed by atoms with Gasteiger partial charge in [0.25, 0.3) is 0 Å². The first-order chi connectivity index (χ1) is 12.3. The third-order valence-corrected chi connectivity index (χ3v) is 7.25. The molecule has 8 heteroatoms. The zero-order valence-electron chi connectivity index (χ0n) is 16.4. The van der Waals surface area contributed by atoms with E-state index in [1.807, 2.05) is 18.7 Å². The smallest absolute Gasteiger partial charge is 0.222 e. The molecule has 26 heavy (non-hydrogen) atoms. The van der Waals surface area contributed by atoms with E-state index < -0.39 is 10.0 Å². The van der Waals surface area contributed by atoms with Crippen LogP contribution in [0.15, 0.2) is 0 Å². The second-order valence-corrected chi connectivity index (χ2v) is 9.89. The fraction of sp³-hybridized carbons (Fsp3) is 0.944. The van der Waals surface area contributed by atoms with Crippen molar-refractivity contribution in [3.05, 3.63) is 0 Å². The molecule has 2 aliphatic heterocycles. The van der Waals surface area contributed by atoms with Crippen LogP contribution in [-0.2, 0) is 19.6 Å². The minimum Gasteiger partial charge on any atom is -0.378 e. The summed E-state index contributed by atoms with van der Waals surface area (Å²) in [5, 5.41) is 3.41. The fourth-order valence-electron chi connectivity index (χ4n) is 3.67. The van der Waals surface area contributed by atoms with Gasteiger partial charge in [0.1, 0.15) is 0 Å². The van der Waals surface area contributed by atoms with Crippen LogP contribution < -0.4 is 5.32 Å². The second kappa shape index (κ2) is 10.0. The number of piperidine rings is 1. The molecule has 2 unspecified atom stereocenters. The van der Waals surface area contributed by atoms with Crippen molar-refractivity contribution in [2.45, 2.75) is 46.1 Å². The Hall–Kier alpha value is -0.700. The molecule has 0 aromatic rings. The summed E-state index contributed by atoms with van der Waals surface area (Å²) in [7, 11) is -3.31. The number of amides is 1. The summed E-state index contributed by atoms with van der Waals surface area (Å²) in [6, 6.07) is 0. The monoisotopic (exact) mass is 389 g/mol. The Morgan fingerprint density at radius 3 is 2.46 bits per heavy atom. The minimum atomic E-state index is -3.31. The molecule has 0 bridgehead atoms. The molecule has 0 radical (unpaired) electrons. The number of sulfonamides is 1. The molecule has 2 rings (SSSR count). The molecule has 2 heterocycles. The van der Waals surface area contributed by atoms with Crippen molar-refractivity contribution in [1.29, 1.82) is 0 Å². The van der Waals surface area contributed by atoms with E-state index in [0.29, 0.717) is 44.4 Å². The maximum atomic E-state index is 12.6. The summed E-state index contributed by atoms with van der Waals surface area (Å²) in [5.41, 5.74) is 0. The van der Waals surface area contributed by atoms with Gasteiger partial charge in [-0.2, -0.15) is 4.31 Å². The first kappa shape index (κ1) is 21.6. The van der Waals surface area contributed by atoms with Crippen LogP contribution in [-0.4, -0.2) is 81.3 Å². The Bertz CT molecular complexity index is 539. The average Bonchev–Trinajstić information content (AvgIpc) is 2.62. The number of piperazine rings is 1. The van der Waals surface area contributed by atoms with Gasteiger partial charge in [0.2, 0.25) is 15.9 Å². The SMILES string of the molecule is CC(C)OCCS(=O)(=O)N1CCN(C(=O)CC(C)C2CCCNC2)CC1. The zero-order chi connectivity index (χ0) is 19.2.